The van der Waals surface area contributed by atoms with E-state index in [4.69, 9.17) is 4.74 Å². The van der Waals surface area contributed by atoms with Crippen LogP contribution in [-0.2, 0) is 11.3 Å². The molecular formula is C26H31FN4O3S. The SMILES string of the molecule is CC(C)(C)N(CCn1c(-c2ccc(N3CCOCC3)cc2)csc1=Nc1cccc(F)c1)C(=O)O. The average Bonchev–Trinajstić information content (AvgIpc) is 3.21. The molecule has 1 aliphatic heterocycles. The quantitative estimate of drug-likeness (QED) is 0.507. The van der Waals surface area contributed by atoms with E-state index >= 15 is 0 Å². The molecule has 1 aliphatic rings. The van der Waals surface area contributed by atoms with E-state index in [2.05, 4.69) is 34.2 Å². The van der Waals surface area contributed by atoms with Gasteiger partial charge < -0.3 is 24.2 Å². The standard InChI is InChI=1S/C26H31FN4O3S/c1-26(2,3)31(25(32)33)12-11-30-23(18-35-24(30)28-21-6-4-5-20(27)17-21)19-7-9-22(10-8-19)29-13-15-34-16-14-29/h4-10,17-18H,11-16H2,1-3H3,(H,32,33). The number of thiazole rings is 1. The zero-order valence-corrected chi connectivity index (χ0v) is 21.1. The summed E-state index contributed by atoms with van der Waals surface area (Å²) in [5.74, 6) is -0.349. The number of hydrogen-bond acceptors (Lipinski definition) is 5. The fourth-order valence-corrected chi connectivity index (χ4v) is 5.06. The van der Waals surface area contributed by atoms with Gasteiger partial charge in [0.05, 0.1) is 24.6 Å². The van der Waals surface area contributed by atoms with Crippen molar-refractivity contribution in [1.29, 1.82) is 0 Å². The van der Waals surface area contributed by atoms with Crippen LogP contribution >= 0.6 is 11.3 Å². The van der Waals surface area contributed by atoms with E-state index in [0.717, 1.165) is 43.2 Å². The second-order valence-electron chi connectivity index (χ2n) is 9.40. The number of morpholine rings is 1. The highest BCUT2D eigenvalue weighted by molar-refractivity contribution is 7.07. The minimum absolute atomic E-state index is 0.296. The van der Waals surface area contributed by atoms with Crippen LogP contribution in [0.4, 0.5) is 20.6 Å². The Hall–Kier alpha value is -3.17. The van der Waals surface area contributed by atoms with E-state index in [-0.39, 0.29) is 5.82 Å². The van der Waals surface area contributed by atoms with Crippen LogP contribution in [0.25, 0.3) is 11.3 Å². The molecule has 7 nitrogen and oxygen atoms in total. The Labute approximate surface area is 208 Å². The summed E-state index contributed by atoms with van der Waals surface area (Å²) < 4.78 is 21.2. The molecule has 1 aromatic heterocycles. The van der Waals surface area contributed by atoms with Gasteiger partial charge in [0.15, 0.2) is 4.80 Å². The van der Waals surface area contributed by atoms with E-state index < -0.39 is 11.6 Å². The Morgan fingerprint density at radius 3 is 2.51 bits per heavy atom. The van der Waals surface area contributed by atoms with Crippen molar-refractivity contribution in [2.24, 2.45) is 4.99 Å². The maximum Gasteiger partial charge on any atom is 0.407 e. The highest BCUT2D eigenvalue weighted by atomic mass is 32.1. The lowest BCUT2D eigenvalue weighted by Gasteiger charge is -2.33. The number of anilines is 1. The van der Waals surface area contributed by atoms with Gasteiger partial charge in [-0.25, -0.2) is 14.2 Å². The molecule has 4 rings (SSSR count). The lowest BCUT2D eigenvalue weighted by Crippen LogP contribution is -2.46. The number of amides is 1. The molecule has 0 atom stereocenters. The highest BCUT2D eigenvalue weighted by Crippen LogP contribution is 2.25. The molecule has 35 heavy (non-hydrogen) atoms. The van der Waals surface area contributed by atoms with Gasteiger partial charge in [-0.15, -0.1) is 11.3 Å². The van der Waals surface area contributed by atoms with E-state index in [0.29, 0.717) is 23.6 Å². The molecule has 0 spiro atoms. The van der Waals surface area contributed by atoms with Crippen molar-refractivity contribution in [2.45, 2.75) is 32.9 Å². The number of benzene rings is 2. The van der Waals surface area contributed by atoms with Gasteiger partial charge in [0, 0.05) is 42.8 Å². The van der Waals surface area contributed by atoms with Gasteiger partial charge in [-0.1, -0.05) is 18.2 Å². The molecule has 0 unspecified atom stereocenters. The van der Waals surface area contributed by atoms with Crippen molar-refractivity contribution in [3.63, 3.8) is 0 Å². The van der Waals surface area contributed by atoms with Gasteiger partial charge in [-0.2, -0.15) is 0 Å². The van der Waals surface area contributed by atoms with Crippen molar-refractivity contribution in [3.8, 4) is 11.3 Å². The molecule has 1 fully saturated rings. The van der Waals surface area contributed by atoms with Crippen LogP contribution in [0.5, 0.6) is 0 Å². The first-order valence-electron chi connectivity index (χ1n) is 11.6. The third kappa shape index (κ3) is 6.10. The molecular weight excluding hydrogens is 467 g/mol. The number of aromatic nitrogens is 1. The summed E-state index contributed by atoms with van der Waals surface area (Å²) in [4.78, 5) is 21.0. The minimum atomic E-state index is -0.964. The Kier molecular flexibility index (Phi) is 7.57. The summed E-state index contributed by atoms with van der Waals surface area (Å²) in [5.41, 5.74) is 3.07. The third-order valence-corrected chi connectivity index (χ3v) is 6.82. The molecule has 0 bridgehead atoms. The van der Waals surface area contributed by atoms with Gasteiger partial charge in [0.25, 0.3) is 0 Å². The average molecular weight is 499 g/mol. The normalized spacial score (nSPS) is 14.9. The number of halogens is 1. The second kappa shape index (κ2) is 10.6. The summed E-state index contributed by atoms with van der Waals surface area (Å²) in [7, 11) is 0. The first kappa shape index (κ1) is 24.9. The molecule has 9 heteroatoms. The lowest BCUT2D eigenvalue weighted by atomic mass is 10.1. The van der Waals surface area contributed by atoms with Crippen molar-refractivity contribution < 1.29 is 19.0 Å². The van der Waals surface area contributed by atoms with Crippen LogP contribution in [0.2, 0.25) is 0 Å². The molecule has 0 aliphatic carbocycles. The molecule has 1 amide bonds. The zero-order valence-electron chi connectivity index (χ0n) is 20.3. The molecule has 1 saturated heterocycles. The highest BCUT2D eigenvalue weighted by Gasteiger charge is 2.26. The van der Waals surface area contributed by atoms with Gasteiger partial charge in [-0.05, 0) is 56.7 Å². The third-order valence-electron chi connectivity index (χ3n) is 5.96. The Morgan fingerprint density at radius 2 is 1.89 bits per heavy atom. The predicted octanol–water partition coefficient (Wildman–Crippen LogP) is 5.20. The van der Waals surface area contributed by atoms with Crippen LogP contribution in [0, 0.1) is 5.82 Å². The maximum absolute atomic E-state index is 13.8. The number of carboxylic acid groups (broad SMARTS) is 1. The fraction of sp³-hybridized carbons (Fsp3) is 0.385. The Morgan fingerprint density at radius 1 is 1.17 bits per heavy atom. The monoisotopic (exact) mass is 498 g/mol. The van der Waals surface area contributed by atoms with Gasteiger partial charge in [-0.3, -0.25) is 0 Å². The first-order chi connectivity index (χ1) is 16.7. The topological polar surface area (TPSA) is 70.3 Å². The molecule has 3 aromatic rings. The Bertz CT molecular complexity index is 1220. The molecule has 2 aromatic carbocycles. The zero-order chi connectivity index (χ0) is 25.0. The largest absolute Gasteiger partial charge is 0.465 e. The van der Waals surface area contributed by atoms with Crippen molar-refractivity contribution in [2.75, 3.05) is 37.7 Å². The molecule has 0 radical (unpaired) electrons. The van der Waals surface area contributed by atoms with Crippen LogP contribution in [0.15, 0.2) is 58.9 Å². The lowest BCUT2D eigenvalue weighted by molar-refractivity contribution is 0.0978. The molecule has 2 heterocycles. The van der Waals surface area contributed by atoms with Crippen molar-refractivity contribution in [1.82, 2.24) is 9.47 Å². The summed E-state index contributed by atoms with van der Waals surface area (Å²) in [6.45, 7) is 9.54. The van der Waals surface area contributed by atoms with Crippen molar-refractivity contribution in [3.05, 3.63) is 64.5 Å². The second-order valence-corrected chi connectivity index (χ2v) is 10.2. The smallest absolute Gasteiger partial charge is 0.407 e. The van der Waals surface area contributed by atoms with Crippen LogP contribution in [0.1, 0.15) is 20.8 Å². The van der Waals surface area contributed by atoms with E-state index in [1.807, 2.05) is 30.7 Å². The number of carbonyl (C=O) groups is 1. The predicted molar refractivity (Wildman–Crippen MR) is 137 cm³/mol. The maximum atomic E-state index is 13.8. The number of hydrogen-bond donors (Lipinski definition) is 1. The summed E-state index contributed by atoms with van der Waals surface area (Å²) in [5, 5.41) is 11.8. The minimum Gasteiger partial charge on any atom is -0.465 e. The van der Waals surface area contributed by atoms with Crippen LogP contribution in [-0.4, -0.2) is 59.1 Å². The van der Waals surface area contributed by atoms with Crippen LogP contribution < -0.4 is 9.70 Å². The first-order valence-corrected chi connectivity index (χ1v) is 12.5. The number of ether oxygens (including phenoxy) is 1. The molecule has 1 N–H and O–H groups in total. The molecule has 186 valence electrons. The summed E-state index contributed by atoms with van der Waals surface area (Å²) >= 11 is 1.45. The van der Waals surface area contributed by atoms with E-state index in [1.54, 1.807) is 12.1 Å². The number of rotatable bonds is 6. The van der Waals surface area contributed by atoms with E-state index in [1.165, 1.54) is 28.4 Å². The van der Waals surface area contributed by atoms with Crippen molar-refractivity contribution >= 4 is 28.8 Å². The fourth-order valence-electron chi connectivity index (χ4n) is 4.10. The van der Waals surface area contributed by atoms with Gasteiger partial charge in [0.1, 0.15) is 5.82 Å². The number of nitrogens with zero attached hydrogens (tertiary/aromatic N) is 4. The van der Waals surface area contributed by atoms with Crippen LogP contribution in [0.3, 0.4) is 0 Å². The van der Waals surface area contributed by atoms with Gasteiger partial charge >= 0.3 is 6.09 Å². The summed E-state index contributed by atoms with van der Waals surface area (Å²) in [6, 6.07) is 14.5. The Balaban J connectivity index is 1.70. The molecule has 0 saturated carbocycles. The summed E-state index contributed by atoms with van der Waals surface area (Å²) in [6.07, 6.45) is -0.964. The van der Waals surface area contributed by atoms with Gasteiger partial charge in [0.2, 0.25) is 0 Å². The van der Waals surface area contributed by atoms with E-state index in [9.17, 15) is 14.3 Å².